The van der Waals surface area contributed by atoms with Gasteiger partial charge in [0.1, 0.15) is 5.82 Å². The molecule has 0 spiro atoms. The van der Waals surface area contributed by atoms with Crippen molar-refractivity contribution >= 4 is 0 Å². The van der Waals surface area contributed by atoms with E-state index in [2.05, 4.69) is 34.4 Å². The van der Waals surface area contributed by atoms with Crippen molar-refractivity contribution in [2.45, 2.75) is 25.7 Å². The molecule has 0 amide bonds. The molecule has 0 radical (unpaired) electrons. The van der Waals surface area contributed by atoms with Crippen LogP contribution in [0.4, 0.5) is 4.39 Å². The quantitative estimate of drug-likeness (QED) is 0.711. The van der Waals surface area contributed by atoms with Crippen molar-refractivity contribution in [2.75, 3.05) is 0 Å². The third kappa shape index (κ3) is 2.89. The average Bonchev–Trinajstić information content (AvgIpc) is 3.19. The number of aromatic nitrogens is 2. The van der Waals surface area contributed by atoms with Gasteiger partial charge in [0.05, 0.1) is 5.56 Å². The number of rotatable bonds is 4. The molecule has 2 aromatic carbocycles. The summed E-state index contributed by atoms with van der Waals surface area (Å²) < 4.78 is 19.3. The monoisotopic (exact) mass is 308 g/mol. The molecular formula is C19H17FN2O. The molecule has 1 aliphatic rings. The fraction of sp³-hybridized carbons (Fsp3) is 0.263. The molecule has 0 N–H and O–H groups in total. The molecular weight excluding hydrogens is 291 g/mol. The lowest BCUT2D eigenvalue weighted by atomic mass is 10.0. The Hall–Kier alpha value is -2.49. The first-order valence-corrected chi connectivity index (χ1v) is 7.85. The molecule has 4 rings (SSSR count). The summed E-state index contributed by atoms with van der Waals surface area (Å²) in [6, 6.07) is 15.8. The topological polar surface area (TPSA) is 38.9 Å². The Kier molecular flexibility index (Phi) is 3.45. The summed E-state index contributed by atoms with van der Waals surface area (Å²) in [4.78, 5) is 4.08. The molecule has 1 aromatic heterocycles. The lowest BCUT2D eigenvalue weighted by molar-refractivity contribution is 0.423. The minimum atomic E-state index is -0.303. The lowest BCUT2D eigenvalue weighted by Gasteiger charge is -2.04. The molecule has 2 unspecified atom stereocenters. The van der Waals surface area contributed by atoms with Crippen molar-refractivity contribution in [2.24, 2.45) is 5.92 Å². The van der Waals surface area contributed by atoms with Crippen LogP contribution in [0.25, 0.3) is 11.5 Å². The van der Waals surface area contributed by atoms with Crippen LogP contribution in [0, 0.1) is 18.7 Å². The van der Waals surface area contributed by atoms with E-state index in [1.54, 1.807) is 19.1 Å². The van der Waals surface area contributed by atoms with Gasteiger partial charge >= 0.3 is 0 Å². The maximum atomic E-state index is 14.3. The number of halogens is 1. The van der Waals surface area contributed by atoms with Crippen LogP contribution in [-0.4, -0.2) is 10.1 Å². The number of benzene rings is 2. The number of aryl methyl sites for hydroxylation is 1. The molecule has 0 saturated heterocycles. The molecule has 1 saturated carbocycles. The van der Waals surface area contributed by atoms with Crippen molar-refractivity contribution in [1.82, 2.24) is 10.1 Å². The van der Waals surface area contributed by atoms with E-state index in [0.717, 1.165) is 12.0 Å². The minimum Gasteiger partial charge on any atom is -0.334 e. The summed E-state index contributed by atoms with van der Waals surface area (Å²) in [5.74, 6) is 1.65. The SMILES string of the molecule is Cc1noc(-c2ccc(CC3CC3c3ccccc3)cc2F)n1. The van der Waals surface area contributed by atoms with Gasteiger partial charge in [-0.1, -0.05) is 41.6 Å². The molecule has 2 atom stereocenters. The van der Waals surface area contributed by atoms with Crippen LogP contribution < -0.4 is 0 Å². The molecule has 4 heteroatoms. The van der Waals surface area contributed by atoms with Crippen molar-refractivity contribution < 1.29 is 8.91 Å². The molecule has 3 nitrogen and oxygen atoms in total. The normalized spacial score (nSPS) is 19.7. The summed E-state index contributed by atoms with van der Waals surface area (Å²) in [5, 5.41) is 3.71. The summed E-state index contributed by atoms with van der Waals surface area (Å²) in [6.07, 6.45) is 2.08. The van der Waals surface area contributed by atoms with Gasteiger partial charge in [-0.05, 0) is 54.9 Å². The van der Waals surface area contributed by atoms with E-state index in [-0.39, 0.29) is 11.7 Å². The fourth-order valence-electron chi connectivity index (χ4n) is 3.15. The largest absolute Gasteiger partial charge is 0.334 e. The first-order chi connectivity index (χ1) is 11.2. The molecule has 3 aromatic rings. The molecule has 1 aliphatic carbocycles. The zero-order valence-corrected chi connectivity index (χ0v) is 12.9. The Morgan fingerprint density at radius 1 is 1.17 bits per heavy atom. The minimum absolute atomic E-state index is 0.236. The van der Waals surface area contributed by atoms with E-state index in [0.29, 0.717) is 23.2 Å². The Balaban J connectivity index is 1.48. The second-order valence-corrected chi connectivity index (χ2v) is 6.18. The first kappa shape index (κ1) is 14.1. The number of nitrogens with zero attached hydrogens (tertiary/aromatic N) is 2. The van der Waals surface area contributed by atoms with Crippen LogP contribution in [0.3, 0.4) is 0 Å². The van der Waals surface area contributed by atoms with E-state index in [9.17, 15) is 4.39 Å². The zero-order valence-electron chi connectivity index (χ0n) is 12.9. The van der Waals surface area contributed by atoms with E-state index >= 15 is 0 Å². The highest BCUT2D eigenvalue weighted by atomic mass is 19.1. The van der Waals surface area contributed by atoms with Crippen LogP contribution in [0.15, 0.2) is 53.1 Å². The lowest BCUT2D eigenvalue weighted by Crippen LogP contribution is -1.93. The first-order valence-electron chi connectivity index (χ1n) is 7.85. The molecule has 0 bridgehead atoms. The van der Waals surface area contributed by atoms with Crippen LogP contribution in [-0.2, 0) is 6.42 Å². The van der Waals surface area contributed by atoms with Crippen molar-refractivity contribution in [1.29, 1.82) is 0 Å². The van der Waals surface area contributed by atoms with E-state index in [4.69, 9.17) is 4.52 Å². The smallest absolute Gasteiger partial charge is 0.260 e. The van der Waals surface area contributed by atoms with E-state index < -0.39 is 0 Å². The van der Waals surface area contributed by atoms with Crippen LogP contribution >= 0.6 is 0 Å². The highest BCUT2D eigenvalue weighted by Crippen LogP contribution is 2.49. The second-order valence-electron chi connectivity index (χ2n) is 6.18. The van der Waals surface area contributed by atoms with Gasteiger partial charge < -0.3 is 4.52 Å². The molecule has 1 fully saturated rings. The van der Waals surface area contributed by atoms with Gasteiger partial charge in [0.15, 0.2) is 5.82 Å². The number of hydrogen-bond acceptors (Lipinski definition) is 3. The van der Waals surface area contributed by atoms with Gasteiger partial charge in [-0.3, -0.25) is 0 Å². The third-order valence-corrected chi connectivity index (χ3v) is 4.44. The van der Waals surface area contributed by atoms with Gasteiger partial charge in [-0.15, -0.1) is 0 Å². The van der Waals surface area contributed by atoms with Crippen molar-refractivity contribution in [3.05, 3.63) is 71.3 Å². The van der Waals surface area contributed by atoms with Gasteiger partial charge in [0.2, 0.25) is 0 Å². The Labute approximate surface area is 134 Å². The summed E-state index contributed by atoms with van der Waals surface area (Å²) >= 11 is 0. The van der Waals surface area contributed by atoms with Gasteiger partial charge in [0.25, 0.3) is 5.89 Å². The summed E-state index contributed by atoms with van der Waals surface area (Å²) in [7, 11) is 0. The predicted molar refractivity (Wildman–Crippen MR) is 85.4 cm³/mol. The Bertz CT molecular complexity index is 828. The highest BCUT2D eigenvalue weighted by Gasteiger charge is 2.37. The maximum absolute atomic E-state index is 14.3. The molecule has 116 valence electrons. The van der Waals surface area contributed by atoms with Crippen LogP contribution in [0.1, 0.15) is 29.3 Å². The fourth-order valence-corrected chi connectivity index (χ4v) is 3.15. The maximum Gasteiger partial charge on any atom is 0.260 e. The van der Waals surface area contributed by atoms with E-state index in [1.807, 2.05) is 12.1 Å². The second kappa shape index (κ2) is 5.61. The van der Waals surface area contributed by atoms with Gasteiger partial charge in [-0.25, -0.2) is 4.39 Å². The van der Waals surface area contributed by atoms with Crippen LogP contribution in [0.2, 0.25) is 0 Å². The van der Waals surface area contributed by atoms with Crippen LogP contribution in [0.5, 0.6) is 0 Å². The van der Waals surface area contributed by atoms with E-state index in [1.165, 1.54) is 12.0 Å². The summed E-state index contributed by atoms with van der Waals surface area (Å²) in [6.45, 7) is 1.72. The zero-order chi connectivity index (χ0) is 15.8. The molecule has 23 heavy (non-hydrogen) atoms. The average molecular weight is 308 g/mol. The summed E-state index contributed by atoms with van der Waals surface area (Å²) in [5.41, 5.74) is 2.77. The Morgan fingerprint density at radius 3 is 2.70 bits per heavy atom. The third-order valence-electron chi connectivity index (χ3n) is 4.44. The standard InChI is InChI=1S/C19H17FN2O/c1-12-21-19(23-22-12)16-8-7-13(10-18(16)20)9-15-11-17(15)14-5-3-2-4-6-14/h2-8,10,15,17H,9,11H2,1H3. The highest BCUT2D eigenvalue weighted by molar-refractivity contribution is 5.54. The Morgan fingerprint density at radius 2 is 2.00 bits per heavy atom. The van der Waals surface area contributed by atoms with Gasteiger partial charge in [-0.2, -0.15) is 4.98 Å². The number of hydrogen-bond donors (Lipinski definition) is 0. The predicted octanol–water partition coefficient (Wildman–Crippen LogP) is 4.53. The van der Waals surface area contributed by atoms with Gasteiger partial charge in [0, 0.05) is 0 Å². The van der Waals surface area contributed by atoms with Crippen molar-refractivity contribution in [3.8, 4) is 11.5 Å². The van der Waals surface area contributed by atoms with Crippen molar-refractivity contribution in [3.63, 3.8) is 0 Å². The molecule has 1 heterocycles. The molecule has 0 aliphatic heterocycles.